The quantitative estimate of drug-likeness (QED) is 0.690. The normalized spacial score (nSPS) is 12.0. The Morgan fingerprint density at radius 2 is 1.63 bits per heavy atom. The highest BCUT2D eigenvalue weighted by molar-refractivity contribution is 7.92. The summed E-state index contributed by atoms with van der Waals surface area (Å²) in [5, 5.41) is 0. The molecule has 0 radical (unpaired) electrons. The van der Waals surface area contributed by atoms with Crippen molar-refractivity contribution >= 4 is 31.6 Å². The molecule has 146 valence electrons. The molecule has 0 aliphatic carbocycles. The van der Waals surface area contributed by atoms with Gasteiger partial charge in [0.05, 0.1) is 17.7 Å². The topological polar surface area (TPSA) is 136 Å². The minimum absolute atomic E-state index is 0.0372. The molecule has 0 heterocycles. The third kappa shape index (κ3) is 4.38. The van der Waals surface area contributed by atoms with Gasteiger partial charge in [0.15, 0.2) is 0 Å². The van der Waals surface area contributed by atoms with Crippen molar-refractivity contribution in [3.63, 3.8) is 0 Å². The summed E-state index contributed by atoms with van der Waals surface area (Å²) >= 11 is 0. The fourth-order valence-corrected chi connectivity index (χ4v) is 4.28. The molecule has 1 amide bonds. The number of benzene rings is 2. The van der Waals surface area contributed by atoms with E-state index in [2.05, 4.69) is 4.72 Å². The maximum absolute atomic E-state index is 12.5. The summed E-state index contributed by atoms with van der Waals surface area (Å²) in [5.41, 5.74) is 5.33. The average molecular weight is 413 g/mol. The monoisotopic (exact) mass is 413 g/mol. The number of methoxy groups -OCH3 is 1. The number of hydrogen-bond acceptors (Lipinski definition) is 6. The Morgan fingerprint density at radius 1 is 1.04 bits per heavy atom. The Kier molecular flexibility index (Phi) is 5.78. The van der Waals surface area contributed by atoms with Crippen LogP contribution in [0.5, 0.6) is 5.75 Å². The van der Waals surface area contributed by atoms with Gasteiger partial charge in [0.1, 0.15) is 10.6 Å². The highest BCUT2D eigenvalue weighted by Crippen LogP contribution is 2.29. The van der Waals surface area contributed by atoms with Gasteiger partial charge in [-0.15, -0.1) is 0 Å². The Hall–Kier alpha value is -2.63. The van der Waals surface area contributed by atoms with Crippen LogP contribution in [0.2, 0.25) is 0 Å². The molecule has 0 saturated carbocycles. The zero-order valence-electron chi connectivity index (χ0n) is 14.8. The average Bonchev–Trinajstić information content (AvgIpc) is 2.61. The number of amides is 1. The number of nitrogens with one attached hydrogen (secondary N) is 1. The van der Waals surface area contributed by atoms with E-state index in [-0.39, 0.29) is 26.8 Å². The molecule has 0 unspecified atom stereocenters. The minimum Gasteiger partial charge on any atom is -0.495 e. The Labute approximate surface area is 157 Å². The lowest BCUT2D eigenvalue weighted by Crippen LogP contribution is -2.23. The van der Waals surface area contributed by atoms with E-state index < -0.39 is 26.0 Å². The summed E-state index contributed by atoms with van der Waals surface area (Å²) in [4.78, 5) is 10.8. The van der Waals surface area contributed by atoms with Crippen LogP contribution in [-0.2, 0) is 20.0 Å². The molecule has 0 atom stereocenters. The largest absolute Gasteiger partial charge is 0.495 e. The molecule has 11 heteroatoms. The van der Waals surface area contributed by atoms with Gasteiger partial charge in [0.2, 0.25) is 15.9 Å². The number of carbonyl (C=O) groups excluding carboxylic acids is 1. The van der Waals surface area contributed by atoms with Gasteiger partial charge in [-0.1, -0.05) is 0 Å². The van der Waals surface area contributed by atoms with E-state index in [9.17, 15) is 21.6 Å². The maximum atomic E-state index is 12.5. The molecular weight excluding hydrogens is 394 g/mol. The van der Waals surface area contributed by atoms with Crippen LogP contribution in [0.3, 0.4) is 0 Å². The van der Waals surface area contributed by atoms with Gasteiger partial charge in [0.25, 0.3) is 10.0 Å². The van der Waals surface area contributed by atoms with Gasteiger partial charge in [-0.25, -0.2) is 21.1 Å². The van der Waals surface area contributed by atoms with Crippen molar-refractivity contribution in [1.82, 2.24) is 4.31 Å². The molecule has 0 spiro atoms. The van der Waals surface area contributed by atoms with E-state index >= 15 is 0 Å². The molecule has 9 nitrogen and oxygen atoms in total. The van der Waals surface area contributed by atoms with Gasteiger partial charge in [0, 0.05) is 19.7 Å². The van der Waals surface area contributed by atoms with E-state index in [1.54, 1.807) is 0 Å². The summed E-state index contributed by atoms with van der Waals surface area (Å²) in [7, 11) is -3.84. The summed E-state index contributed by atoms with van der Waals surface area (Å²) in [6.07, 6.45) is 0. The third-order valence-electron chi connectivity index (χ3n) is 3.62. The fraction of sp³-hybridized carbons (Fsp3) is 0.188. The van der Waals surface area contributed by atoms with Crippen molar-refractivity contribution in [2.75, 3.05) is 25.9 Å². The first-order chi connectivity index (χ1) is 12.5. The first kappa shape index (κ1) is 20.7. The maximum Gasteiger partial charge on any atom is 0.261 e. The molecule has 2 aromatic rings. The number of carbonyl (C=O) groups is 1. The molecular formula is C16H19N3O6S2. The van der Waals surface area contributed by atoms with Crippen molar-refractivity contribution < 1.29 is 26.4 Å². The number of primary amides is 1. The fourth-order valence-electron chi connectivity index (χ4n) is 2.15. The number of nitrogens with two attached hydrogens (primary N) is 1. The summed E-state index contributed by atoms with van der Waals surface area (Å²) in [6, 6.07) is 8.92. The first-order valence-corrected chi connectivity index (χ1v) is 10.4. The van der Waals surface area contributed by atoms with Crippen LogP contribution < -0.4 is 15.2 Å². The predicted molar refractivity (Wildman–Crippen MR) is 99.6 cm³/mol. The van der Waals surface area contributed by atoms with E-state index in [1.807, 2.05) is 0 Å². The van der Waals surface area contributed by atoms with Gasteiger partial charge < -0.3 is 10.5 Å². The molecule has 27 heavy (non-hydrogen) atoms. The second-order valence-corrected chi connectivity index (χ2v) is 9.45. The zero-order chi connectivity index (χ0) is 20.4. The predicted octanol–water partition coefficient (Wildman–Crippen LogP) is 0.845. The highest BCUT2D eigenvalue weighted by Gasteiger charge is 2.24. The number of rotatable bonds is 7. The number of sulfonamides is 2. The zero-order valence-corrected chi connectivity index (χ0v) is 16.5. The molecule has 3 N–H and O–H groups in total. The molecule has 0 bridgehead atoms. The highest BCUT2D eigenvalue weighted by atomic mass is 32.2. The van der Waals surface area contributed by atoms with Crippen molar-refractivity contribution in [2.24, 2.45) is 5.73 Å². The van der Waals surface area contributed by atoms with Gasteiger partial charge in [-0.2, -0.15) is 0 Å². The number of nitrogens with zero attached hydrogens (tertiary/aromatic N) is 1. The smallest absolute Gasteiger partial charge is 0.261 e. The molecule has 2 rings (SSSR count). The first-order valence-electron chi connectivity index (χ1n) is 7.52. The third-order valence-corrected chi connectivity index (χ3v) is 6.86. The summed E-state index contributed by atoms with van der Waals surface area (Å²) in [5.74, 6) is -0.599. The number of ether oxygens (including phenoxy) is 1. The van der Waals surface area contributed by atoms with E-state index in [0.717, 1.165) is 4.31 Å². The van der Waals surface area contributed by atoms with Crippen molar-refractivity contribution in [3.05, 3.63) is 48.0 Å². The summed E-state index contributed by atoms with van der Waals surface area (Å²) in [6.45, 7) is 0. The standard InChI is InChI=1S/C16H19N3O6S2/c1-19(2)27(23,24)15-10-12(6-9-14(15)25-3)18-26(21,22)13-7-4-11(5-8-13)16(17)20/h4-10,18H,1-3H3,(H2,17,20). The molecule has 0 aliphatic heterocycles. The lowest BCUT2D eigenvalue weighted by molar-refractivity contribution is 0.1000. The van der Waals surface area contributed by atoms with Crippen LogP contribution in [-0.4, -0.2) is 48.3 Å². The van der Waals surface area contributed by atoms with E-state index in [0.29, 0.717) is 0 Å². The van der Waals surface area contributed by atoms with Crippen LogP contribution in [0.15, 0.2) is 52.3 Å². The SMILES string of the molecule is COc1ccc(NS(=O)(=O)c2ccc(C(N)=O)cc2)cc1S(=O)(=O)N(C)C. The second-order valence-electron chi connectivity index (χ2n) is 5.65. The minimum atomic E-state index is -4.01. The van der Waals surface area contributed by atoms with Crippen molar-refractivity contribution in [1.29, 1.82) is 0 Å². The second kappa shape index (κ2) is 7.55. The van der Waals surface area contributed by atoms with Crippen molar-refractivity contribution in [3.8, 4) is 5.75 Å². The van der Waals surface area contributed by atoms with Crippen molar-refractivity contribution in [2.45, 2.75) is 9.79 Å². The Bertz CT molecular complexity index is 1060. The van der Waals surface area contributed by atoms with Crippen LogP contribution in [0.25, 0.3) is 0 Å². The molecule has 0 aliphatic rings. The molecule has 2 aromatic carbocycles. The van der Waals surface area contributed by atoms with Crippen LogP contribution >= 0.6 is 0 Å². The van der Waals surface area contributed by atoms with Crippen LogP contribution in [0, 0.1) is 0 Å². The van der Waals surface area contributed by atoms with E-state index in [4.69, 9.17) is 10.5 Å². The lowest BCUT2D eigenvalue weighted by atomic mass is 10.2. The lowest BCUT2D eigenvalue weighted by Gasteiger charge is -2.16. The van der Waals surface area contributed by atoms with Gasteiger partial charge >= 0.3 is 0 Å². The van der Waals surface area contributed by atoms with Gasteiger partial charge in [-0.05, 0) is 42.5 Å². The van der Waals surface area contributed by atoms with E-state index in [1.165, 1.54) is 63.7 Å². The Morgan fingerprint density at radius 3 is 2.11 bits per heavy atom. The van der Waals surface area contributed by atoms with Crippen LogP contribution in [0.4, 0.5) is 5.69 Å². The Balaban J connectivity index is 2.43. The molecule has 0 aromatic heterocycles. The molecule has 0 saturated heterocycles. The summed E-state index contributed by atoms with van der Waals surface area (Å²) < 4.78 is 58.2. The molecule has 0 fully saturated rings. The number of hydrogen-bond donors (Lipinski definition) is 2. The number of anilines is 1. The van der Waals surface area contributed by atoms with Crippen LogP contribution in [0.1, 0.15) is 10.4 Å². The van der Waals surface area contributed by atoms with Gasteiger partial charge in [-0.3, -0.25) is 9.52 Å².